The normalized spacial score (nSPS) is 13.6. The van der Waals surface area contributed by atoms with Crippen LogP contribution in [0.4, 0.5) is 32.6 Å². The summed E-state index contributed by atoms with van der Waals surface area (Å²) < 4.78 is 73.4. The van der Waals surface area contributed by atoms with Crippen LogP contribution in [0.2, 0.25) is 0 Å². The summed E-state index contributed by atoms with van der Waals surface area (Å²) in [6, 6.07) is 2.92. The molecule has 226 valence electrons. The number of rotatable bonds is 8. The molecule has 2 atom stereocenters. The molecule has 1 heterocycles. The van der Waals surface area contributed by atoms with Crippen LogP contribution in [0.15, 0.2) is 41.4 Å². The number of carbonyl (C=O) groups is 3. The van der Waals surface area contributed by atoms with E-state index in [-0.39, 0.29) is 34.9 Å². The second-order valence-corrected chi connectivity index (χ2v) is 9.49. The first-order valence-electron chi connectivity index (χ1n) is 12.4. The fourth-order valence-electron chi connectivity index (χ4n) is 3.85. The summed E-state index contributed by atoms with van der Waals surface area (Å²) in [6.45, 7) is 4.74. The number of alkyl halides is 3. The summed E-state index contributed by atoms with van der Waals surface area (Å²) in [5.41, 5.74) is -1.69. The summed E-state index contributed by atoms with van der Waals surface area (Å²) in [6.07, 6.45) is -6.31. The minimum Gasteiger partial charge on any atom is -0.465 e. The molecule has 3 rings (SSSR count). The molecule has 0 bridgehead atoms. The van der Waals surface area contributed by atoms with Gasteiger partial charge in [-0.3, -0.25) is 14.9 Å². The average molecular weight is 599 g/mol. The van der Waals surface area contributed by atoms with Crippen molar-refractivity contribution in [2.75, 3.05) is 19.0 Å². The number of methoxy groups -OCH3 is 1. The standard InChI is InChI=1S/C26H27F5N6O5/c1-12(2)20(33-25(40)41)23(39)37-19-10-15(26(29,30)31)6-7-16(19)21(36-37)34-24(32-13(3)11-42-4)35-22(38)14-5-8-17(27)18(28)9-14/h5-10,12-13,20,33H,11H2,1-4H3,(H,40,41)(H2,32,34,35,36,38)/t13-,20-/m0/s1. The van der Waals surface area contributed by atoms with Gasteiger partial charge in [0.1, 0.15) is 6.04 Å². The zero-order chi connectivity index (χ0) is 31.4. The number of aliphatic imine (C=N–C) groups is 1. The molecule has 42 heavy (non-hydrogen) atoms. The topological polar surface area (TPSA) is 147 Å². The zero-order valence-corrected chi connectivity index (χ0v) is 22.7. The predicted octanol–water partition coefficient (Wildman–Crippen LogP) is 4.50. The van der Waals surface area contributed by atoms with Crippen LogP contribution in [0.25, 0.3) is 10.9 Å². The van der Waals surface area contributed by atoms with Crippen LogP contribution in [0.1, 0.15) is 41.5 Å². The fraction of sp³-hybridized carbons (Fsp3) is 0.346. The van der Waals surface area contributed by atoms with Crippen LogP contribution in [0.3, 0.4) is 0 Å². The van der Waals surface area contributed by atoms with Crippen LogP contribution >= 0.6 is 0 Å². The van der Waals surface area contributed by atoms with Gasteiger partial charge in [-0.1, -0.05) is 13.8 Å². The maximum atomic E-state index is 13.7. The number of guanidine groups is 1. The summed E-state index contributed by atoms with van der Waals surface area (Å²) in [4.78, 5) is 41.8. The minimum atomic E-state index is -4.78. The third-order valence-corrected chi connectivity index (χ3v) is 5.84. The van der Waals surface area contributed by atoms with Crippen LogP contribution in [-0.2, 0) is 10.9 Å². The molecule has 16 heteroatoms. The van der Waals surface area contributed by atoms with Crippen molar-refractivity contribution in [2.45, 2.75) is 39.0 Å². The van der Waals surface area contributed by atoms with E-state index >= 15 is 0 Å². The third kappa shape index (κ3) is 7.57. The number of halogens is 5. The highest BCUT2D eigenvalue weighted by Gasteiger charge is 2.33. The smallest absolute Gasteiger partial charge is 0.416 e. The lowest BCUT2D eigenvalue weighted by atomic mass is 10.0. The van der Waals surface area contributed by atoms with Gasteiger partial charge in [-0.15, -0.1) is 5.10 Å². The second kappa shape index (κ2) is 12.9. The van der Waals surface area contributed by atoms with Gasteiger partial charge in [-0.25, -0.2) is 18.6 Å². The van der Waals surface area contributed by atoms with E-state index in [0.717, 1.165) is 24.3 Å². The zero-order valence-electron chi connectivity index (χ0n) is 22.7. The van der Waals surface area contributed by atoms with E-state index in [0.29, 0.717) is 16.8 Å². The predicted molar refractivity (Wildman–Crippen MR) is 141 cm³/mol. The first-order chi connectivity index (χ1) is 19.6. The van der Waals surface area contributed by atoms with E-state index in [4.69, 9.17) is 4.74 Å². The lowest BCUT2D eigenvalue weighted by Gasteiger charge is -2.19. The van der Waals surface area contributed by atoms with Gasteiger partial charge in [0.2, 0.25) is 5.96 Å². The van der Waals surface area contributed by atoms with Crippen molar-refractivity contribution in [3.05, 3.63) is 59.2 Å². The quantitative estimate of drug-likeness (QED) is 0.170. The molecule has 1 aromatic heterocycles. The highest BCUT2D eigenvalue weighted by molar-refractivity contribution is 6.12. The van der Waals surface area contributed by atoms with Crippen molar-refractivity contribution in [2.24, 2.45) is 10.9 Å². The Labute approximate surface area is 235 Å². The summed E-state index contributed by atoms with van der Waals surface area (Å²) in [7, 11) is 1.40. The lowest BCUT2D eigenvalue weighted by Crippen LogP contribution is -2.46. The Balaban J connectivity index is 2.12. The number of aromatic nitrogens is 2. The molecule has 11 nitrogen and oxygen atoms in total. The molecule has 3 aromatic rings. The second-order valence-electron chi connectivity index (χ2n) is 9.49. The van der Waals surface area contributed by atoms with Crippen molar-refractivity contribution < 1.29 is 46.2 Å². The molecule has 0 aliphatic heterocycles. The number of fused-ring (bicyclic) bond motifs is 1. The molecule has 0 unspecified atom stereocenters. The number of anilines is 1. The van der Waals surface area contributed by atoms with Crippen molar-refractivity contribution in [1.29, 1.82) is 0 Å². The molecular weight excluding hydrogens is 571 g/mol. The molecule has 0 fully saturated rings. The third-order valence-electron chi connectivity index (χ3n) is 5.84. The molecule has 2 amide bonds. The van der Waals surface area contributed by atoms with Crippen molar-refractivity contribution in [1.82, 2.24) is 20.4 Å². The summed E-state index contributed by atoms with van der Waals surface area (Å²) in [5, 5.41) is 20.4. The lowest BCUT2D eigenvalue weighted by molar-refractivity contribution is -0.137. The maximum Gasteiger partial charge on any atom is 0.416 e. The van der Waals surface area contributed by atoms with Crippen LogP contribution in [0.5, 0.6) is 0 Å². The molecule has 0 saturated heterocycles. The Kier molecular flexibility index (Phi) is 9.83. The van der Waals surface area contributed by atoms with Gasteiger partial charge >= 0.3 is 12.3 Å². The summed E-state index contributed by atoms with van der Waals surface area (Å²) in [5.74, 6) is -5.49. The first kappa shape index (κ1) is 31.9. The molecule has 0 radical (unpaired) electrons. The Morgan fingerprint density at radius 2 is 1.76 bits per heavy atom. The summed E-state index contributed by atoms with van der Waals surface area (Å²) >= 11 is 0. The van der Waals surface area contributed by atoms with Crippen molar-refractivity contribution in [3.63, 3.8) is 0 Å². The van der Waals surface area contributed by atoms with E-state index in [2.05, 4.69) is 20.7 Å². The van der Waals surface area contributed by atoms with Gasteiger partial charge in [0.05, 0.1) is 23.7 Å². The number of ether oxygens (including phenoxy) is 1. The highest BCUT2D eigenvalue weighted by atomic mass is 19.4. The SMILES string of the molecule is COC[C@H](C)N=C(NC(=O)c1ccc(F)c(F)c1)Nc1nn(C(=O)[C@@H](NC(=O)O)C(C)C)c2cc(C(F)(F)F)ccc12. The van der Waals surface area contributed by atoms with Crippen molar-refractivity contribution >= 4 is 40.6 Å². The number of nitrogens with zero attached hydrogens (tertiary/aromatic N) is 3. The van der Waals surface area contributed by atoms with E-state index in [1.54, 1.807) is 6.92 Å². The van der Waals surface area contributed by atoms with Crippen LogP contribution < -0.4 is 16.0 Å². The van der Waals surface area contributed by atoms with Gasteiger partial charge in [0.15, 0.2) is 17.5 Å². The number of nitrogens with one attached hydrogen (secondary N) is 3. The number of amides is 2. The Hall–Kier alpha value is -4.60. The first-order valence-corrected chi connectivity index (χ1v) is 12.4. The highest BCUT2D eigenvalue weighted by Crippen LogP contribution is 2.33. The Morgan fingerprint density at radius 3 is 2.33 bits per heavy atom. The van der Waals surface area contributed by atoms with Crippen LogP contribution in [0, 0.1) is 17.6 Å². The molecular formula is C26H27F5N6O5. The minimum absolute atomic E-state index is 0.0108. The van der Waals surface area contributed by atoms with E-state index < -0.39 is 59.3 Å². The van der Waals surface area contributed by atoms with Crippen molar-refractivity contribution in [3.8, 4) is 0 Å². The maximum absolute atomic E-state index is 13.7. The molecule has 0 aliphatic carbocycles. The van der Waals surface area contributed by atoms with Crippen LogP contribution in [-0.4, -0.2) is 64.6 Å². The van der Waals surface area contributed by atoms with Gasteiger partial charge in [-0.2, -0.15) is 17.9 Å². The van der Waals surface area contributed by atoms with Gasteiger partial charge in [-0.05, 0) is 49.2 Å². The van der Waals surface area contributed by atoms with Gasteiger partial charge in [0.25, 0.3) is 11.8 Å². The number of carbonyl (C=O) groups excluding carboxylic acids is 2. The Bertz CT molecular complexity index is 1520. The van der Waals surface area contributed by atoms with E-state index in [1.807, 2.05) is 5.32 Å². The monoisotopic (exact) mass is 598 g/mol. The molecule has 0 aliphatic rings. The number of hydrogen-bond donors (Lipinski definition) is 4. The molecule has 4 N–H and O–H groups in total. The van der Waals surface area contributed by atoms with E-state index in [1.165, 1.54) is 21.0 Å². The molecule has 2 aromatic carbocycles. The Morgan fingerprint density at radius 1 is 1.07 bits per heavy atom. The fourth-order valence-corrected chi connectivity index (χ4v) is 3.85. The number of carboxylic acid groups (broad SMARTS) is 1. The van der Waals surface area contributed by atoms with Gasteiger partial charge in [0, 0.05) is 18.1 Å². The average Bonchev–Trinajstić information content (AvgIpc) is 3.25. The molecule has 0 spiro atoms. The number of benzene rings is 2. The molecule has 0 saturated carbocycles. The van der Waals surface area contributed by atoms with E-state index in [9.17, 15) is 41.4 Å². The van der Waals surface area contributed by atoms with Gasteiger partial charge < -0.3 is 20.5 Å². The number of hydrogen-bond acceptors (Lipinski definition) is 6. The largest absolute Gasteiger partial charge is 0.465 e.